The summed E-state index contributed by atoms with van der Waals surface area (Å²) in [7, 11) is 1.51. The normalized spacial score (nSPS) is 10.3. The molecular weight excluding hydrogens is 184 g/mol. The van der Waals surface area contributed by atoms with E-state index in [1.165, 1.54) is 22.5 Å². The largest absolute Gasteiger partial charge is 0.329 e. The van der Waals surface area contributed by atoms with Gasteiger partial charge in [-0.25, -0.2) is 14.3 Å². The molecule has 1 N–H and O–H groups in total. The minimum atomic E-state index is -0.530. The molecule has 70 valence electrons. The first-order valence-corrected chi connectivity index (χ1v) is 3.78. The first-order chi connectivity index (χ1) is 6.65. The molecule has 0 amide bonds. The molecule has 0 bridgehead atoms. The van der Waals surface area contributed by atoms with Crippen LogP contribution in [0.3, 0.4) is 0 Å². The standard InChI is InChI=1S/C8H6N4O2/c1-3-12-4-9-5-6(13)10-8(14)11(2)7(5)12/h1,4H,2H3,(H,10,13,14). The quantitative estimate of drug-likeness (QED) is 0.534. The van der Waals surface area contributed by atoms with Crippen LogP contribution in [0.15, 0.2) is 15.9 Å². The average Bonchev–Trinajstić information content (AvgIpc) is 2.58. The van der Waals surface area contributed by atoms with Crippen molar-refractivity contribution in [1.29, 1.82) is 0 Å². The summed E-state index contributed by atoms with van der Waals surface area (Å²) in [6.45, 7) is 0. The Hall–Kier alpha value is -2.29. The van der Waals surface area contributed by atoms with Crippen molar-refractivity contribution in [3.8, 4) is 12.5 Å². The molecule has 2 heterocycles. The molecule has 0 saturated carbocycles. The van der Waals surface area contributed by atoms with Gasteiger partial charge in [0.2, 0.25) is 0 Å². The van der Waals surface area contributed by atoms with Gasteiger partial charge in [0, 0.05) is 13.1 Å². The Labute approximate surface area is 77.8 Å². The van der Waals surface area contributed by atoms with Gasteiger partial charge in [-0.3, -0.25) is 14.3 Å². The topological polar surface area (TPSA) is 72.7 Å². The molecule has 0 radical (unpaired) electrons. The third kappa shape index (κ3) is 0.894. The average molecular weight is 190 g/mol. The van der Waals surface area contributed by atoms with Gasteiger partial charge in [0.1, 0.15) is 6.33 Å². The predicted molar refractivity (Wildman–Crippen MR) is 49.8 cm³/mol. The van der Waals surface area contributed by atoms with Crippen LogP contribution in [0.5, 0.6) is 0 Å². The number of hydrogen-bond donors (Lipinski definition) is 1. The number of H-pyrrole nitrogens is 1. The lowest BCUT2D eigenvalue weighted by atomic mass is 10.5. The molecule has 2 aromatic rings. The number of imidazole rings is 1. The number of nitrogens with zero attached hydrogens (tertiary/aromatic N) is 3. The number of hydrogen-bond acceptors (Lipinski definition) is 3. The Bertz CT molecular complexity index is 653. The third-order valence-corrected chi connectivity index (χ3v) is 1.94. The number of rotatable bonds is 0. The zero-order chi connectivity index (χ0) is 10.3. The van der Waals surface area contributed by atoms with Crippen molar-refractivity contribution in [3.63, 3.8) is 0 Å². The zero-order valence-corrected chi connectivity index (χ0v) is 7.31. The summed E-state index contributed by atoms with van der Waals surface area (Å²) in [5.74, 6) is 0. The van der Waals surface area contributed by atoms with E-state index in [2.05, 4.69) is 16.0 Å². The summed E-state index contributed by atoms with van der Waals surface area (Å²) < 4.78 is 2.52. The predicted octanol–water partition coefficient (Wildman–Crippen LogP) is -1.14. The molecule has 6 heteroatoms. The van der Waals surface area contributed by atoms with Crippen molar-refractivity contribution in [2.75, 3.05) is 0 Å². The van der Waals surface area contributed by atoms with E-state index < -0.39 is 11.2 Å². The van der Waals surface area contributed by atoms with E-state index in [9.17, 15) is 9.59 Å². The highest BCUT2D eigenvalue weighted by Crippen LogP contribution is 2.02. The van der Waals surface area contributed by atoms with Crippen LogP contribution in [-0.4, -0.2) is 19.1 Å². The van der Waals surface area contributed by atoms with E-state index in [1.54, 1.807) is 0 Å². The van der Waals surface area contributed by atoms with Crippen LogP contribution in [0.4, 0.5) is 0 Å². The van der Waals surface area contributed by atoms with Gasteiger partial charge in [0.05, 0.1) is 0 Å². The van der Waals surface area contributed by atoms with Crippen molar-refractivity contribution < 1.29 is 0 Å². The van der Waals surface area contributed by atoms with E-state index in [-0.39, 0.29) is 5.52 Å². The molecule has 0 aliphatic carbocycles. The fraction of sp³-hybridized carbons (Fsp3) is 0.125. The highest BCUT2D eigenvalue weighted by atomic mass is 16.2. The van der Waals surface area contributed by atoms with Crippen LogP contribution in [-0.2, 0) is 7.05 Å². The maximum atomic E-state index is 11.3. The van der Waals surface area contributed by atoms with Crippen molar-refractivity contribution in [1.82, 2.24) is 19.1 Å². The molecule has 0 aliphatic heterocycles. The molecule has 0 aliphatic rings. The summed E-state index contributed by atoms with van der Waals surface area (Å²) in [4.78, 5) is 28.4. The van der Waals surface area contributed by atoms with Gasteiger partial charge >= 0.3 is 5.69 Å². The zero-order valence-electron chi connectivity index (χ0n) is 7.31. The molecule has 0 spiro atoms. The highest BCUT2D eigenvalue weighted by Gasteiger charge is 2.09. The fourth-order valence-electron chi connectivity index (χ4n) is 1.25. The van der Waals surface area contributed by atoms with Gasteiger partial charge in [0.25, 0.3) is 5.56 Å². The second kappa shape index (κ2) is 2.60. The van der Waals surface area contributed by atoms with Gasteiger partial charge in [-0.05, 0) is 0 Å². The third-order valence-electron chi connectivity index (χ3n) is 1.94. The maximum Gasteiger partial charge on any atom is 0.329 e. The van der Waals surface area contributed by atoms with Crippen LogP contribution in [0.1, 0.15) is 0 Å². The van der Waals surface area contributed by atoms with Crippen molar-refractivity contribution in [3.05, 3.63) is 27.2 Å². The molecular formula is C8H6N4O2. The van der Waals surface area contributed by atoms with E-state index in [0.717, 1.165) is 0 Å². The Kier molecular flexibility index (Phi) is 1.54. The first kappa shape index (κ1) is 8.31. The van der Waals surface area contributed by atoms with Gasteiger partial charge in [-0.15, -0.1) is 0 Å². The van der Waals surface area contributed by atoms with Crippen molar-refractivity contribution >= 4 is 11.2 Å². The van der Waals surface area contributed by atoms with Crippen LogP contribution >= 0.6 is 0 Å². The van der Waals surface area contributed by atoms with Gasteiger partial charge in [-0.1, -0.05) is 6.42 Å². The Morgan fingerprint density at radius 3 is 2.93 bits per heavy atom. The second-order valence-corrected chi connectivity index (χ2v) is 2.73. The number of aromatic amines is 1. The SMILES string of the molecule is C#Cn1cnc2c(=O)[nH]c(=O)n(C)c21. The van der Waals surface area contributed by atoms with Gasteiger partial charge < -0.3 is 0 Å². The lowest BCUT2D eigenvalue weighted by Gasteiger charge is -1.99. The summed E-state index contributed by atoms with van der Waals surface area (Å²) >= 11 is 0. The molecule has 14 heavy (non-hydrogen) atoms. The van der Waals surface area contributed by atoms with Gasteiger partial charge in [0.15, 0.2) is 11.2 Å². The Morgan fingerprint density at radius 1 is 1.57 bits per heavy atom. The molecule has 6 nitrogen and oxygen atoms in total. The highest BCUT2D eigenvalue weighted by molar-refractivity contribution is 5.70. The van der Waals surface area contributed by atoms with E-state index in [4.69, 9.17) is 6.42 Å². The van der Waals surface area contributed by atoms with E-state index >= 15 is 0 Å². The Balaban J connectivity index is 3.17. The number of aromatic nitrogens is 4. The monoisotopic (exact) mass is 190 g/mol. The number of nitrogens with one attached hydrogen (secondary N) is 1. The lowest BCUT2D eigenvalue weighted by molar-refractivity contribution is 0.821. The first-order valence-electron chi connectivity index (χ1n) is 3.78. The molecule has 0 aromatic carbocycles. The van der Waals surface area contributed by atoms with E-state index in [1.807, 2.05) is 0 Å². The van der Waals surface area contributed by atoms with E-state index in [0.29, 0.717) is 5.65 Å². The number of fused-ring (bicyclic) bond motifs is 1. The fourth-order valence-corrected chi connectivity index (χ4v) is 1.25. The molecule has 0 fully saturated rings. The smallest absolute Gasteiger partial charge is 0.280 e. The Morgan fingerprint density at radius 2 is 2.29 bits per heavy atom. The lowest BCUT2D eigenvalue weighted by Crippen LogP contribution is -2.29. The minimum Gasteiger partial charge on any atom is -0.280 e. The van der Waals surface area contributed by atoms with Crippen LogP contribution in [0.2, 0.25) is 0 Å². The van der Waals surface area contributed by atoms with Crippen LogP contribution < -0.4 is 11.2 Å². The summed E-state index contributed by atoms with van der Waals surface area (Å²) in [6, 6.07) is 2.29. The summed E-state index contributed by atoms with van der Waals surface area (Å²) in [6.07, 6.45) is 6.49. The second-order valence-electron chi connectivity index (χ2n) is 2.73. The van der Waals surface area contributed by atoms with Crippen LogP contribution in [0.25, 0.3) is 11.2 Å². The summed E-state index contributed by atoms with van der Waals surface area (Å²) in [5.41, 5.74) is -0.567. The molecule has 0 atom stereocenters. The maximum absolute atomic E-state index is 11.3. The van der Waals surface area contributed by atoms with Crippen molar-refractivity contribution in [2.24, 2.45) is 7.05 Å². The number of terminal acetylenes is 1. The molecule has 2 aromatic heterocycles. The summed E-state index contributed by atoms with van der Waals surface area (Å²) in [5, 5.41) is 0. The molecule has 2 rings (SSSR count). The minimum absolute atomic E-state index is 0.157. The number of aryl methyl sites for hydroxylation is 1. The molecule has 0 unspecified atom stereocenters. The molecule has 0 saturated heterocycles. The van der Waals surface area contributed by atoms with Crippen LogP contribution in [0, 0.1) is 12.5 Å². The van der Waals surface area contributed by atoms with Gasteiger partial charge in [-0.2, -0.15) is 0 Å². The van der Waals surface area contributed by atoms with Crippen molar-refractivity contribution in [2.45, 2.75) is 0 Å².